The van der Waals surface area contributed by atoms with Crippen LogP contribution in [-0.2, 0) is 0 Å². The van der Waals surface area contributed by atoms with Gasteiger partial charge >= 0.3 is 0 Å². The Morgan fingerprint density at radius 2 is 0.957 bits per heavy atom. The predicted molar refractivity (Wildman–Crippen MR) is 99.5 cm³/mol. The summed E-state index contributed by atoms with van der Waals surface area (Å²) in [6, 6.07) is 17.8. The van der Waals surface area contributed by atoms with Crippen LogP contribution < -0.4 is 0 Å². The lowest BCUT2D eigenvalue weighted by molar-refractivity contribution is 0.103. The molecule has 0 radical (unpaired) electrons. The molecule has 0 saturated carbocycles. The van der Waals surface area contributed by atoms with E-state index >= 15 is 0 Å². The fraction of sp³-hybridized carbons (Fsp3) is 0. The number of carbonyl (C=O) groups excluding carboxylic acids is 2. The fourth-order valence-electron chi connectivity index (χ4n) is 2.07. The first kappa shape index (κ1) is 16.3. The molecular weight excluding hydrogens is 440 g/mol. The highest BCUT2D eigenvalue weighted by Gasteiger charge is 2.16. The van der Waals surface area contributed by atoms with Crippen LogP contribution in [0.15, 0.2) is 69.6 Å². The van der Waals surface area contributed by atoms with Gasteiger partial charge < -0.3 is 0 Å². The van der Waals surface area contributed by atoms with Crippen LogP contribution >= 0.6 is 43.2 Å². The molecule has 3 rings (SSSR count). The van der Waals surface area contributed by atoms with E-state index in [4.69, 9.17) is 0 Å². The van der Waals surface area contributed by atoms with Gasteiger partial charge in [0, 0.05) is 20.1 Å². The van der Waals surface area contributed by atoms with Crippen LogP contribution in [0.3, 0.4) is 0 Å². The summed E-state index contributed by atoms with van der Waals surface area (Å²) in [5.74, 6) is -0.144. The molecule has 2 aromatic carbocycles. The Kier molecular flexibility index (Phi) is 4.90. The van der Waals surface area contributed by atoms with Gasteiger partial charge in [-0.25, -0.2) is 0 Å². The van der Waals surface area contributed by atoms with Crippen molar-refractivity contribution in [1.29, 1.82) is 0 Å². The summed E-state index contributed by atoms with van der Waals surface area (Å²) >= 11 is 7.92. The molecule has 0 unspecified atom stereocenters. The maximum Gasteiger partial charge on any atom is 0.202 e. The van der Waals surface area contributed by atoms with Crippen LogP contribution in [0.25, 0.3) is 0 Å². The van der Waals surface area contributed by atoms with E-state index in [9.17, 15) is 9.59 Å². The van der Waals surface area contributed by atoms with Gasteiger partial charge in [-0.05, 0) is 60.7 Å². The number of benzene rings is 2. The lowest BCUT2D eigenvalue weighted by Gasteiger charge is -1.99. The van der Waals surface area contributed by atoms with E-state index < -0.39 is 0 Å². The van der Waals surface area contributed by atoms with Crippen LogP contribution in [-0.4, -0.2) is 11.6 Å². The molecule has 0 atom stereocenters. The summed E-state index contributed by atoms with van der Waals surface area (Å²) in [5, 5.41) is 0. The van der Waals surface area contributed by atoms with Gasteiger partial charge in [0.2, 0.25) is 11.6 Å². The normalized spacial score (nSPS) is 10.5. The Morgan fingerprint density at radius 3 is 1.30 bits per heavy atom. The van der Waals surface area contributed by atoms with Crippen molar-refractivity contribution in [3.05, 3.63) is 90.5 Å². The van der Waals surface area contributed by atoms with Crippen molar-refractivity contribution in [1.82, 2.24) is 0 Å². The number of hydrogen-bond donors (Lipinski definition) is 0. The van der Waals surface area contributed by atoms with Crippen LogP contribution in [0.1, 0.15) is 30.5 Å². The molecule has 0 aliphatic heterocycles. The summed E-state index contributed by atoms with van der Waals surface area (Å²) in [5.41, 5.74) is 1.22. The van der Waals surface area contributed by atoms with Crippen LogP contribution in [0.5, 0.6) is 0 Å². The second-order valence-electron chi connectivity index (χ2n) is 4.84. The third-order valence-electron chi connectivity index (χ3n) is 3.27. The van der Waals surface area contributed by atoms with Crippen molar-refractivity contribution >= 4 is 54.8 Å². The smallest absolute Gasteiger partial charge is 0.202 e. The van der Waals surface area contributed by atoms with E-state index in [0.29, 0.717) is 20.9 Å². The Balaban J connectivity index is 1.85. The zero-order valence-electron chi connectivity index (χ0n) is 11.8. The molecule has 3 aromatic rings. The highest BCUT2D eigenvalue weighted by molar-refractivity contribution is 9.10. The third-order valence-corrected chi connectivity index (χ3v) is 5.41. The minimum absolute atomic E-state index is 0.0719. The zero-order valence-corrected chi connectivity index (χ0v) is 15.7. The molecule has 0 N–H and O–H groups in total. The standard InChI is InChI=1S/C18H10Br2O2S/c19-13-5-1-11(2-6-13)17(21)15-9-10-16(23-15)18(22)12-3-7-14(20)8-4-12/h1-10H. The average molecular weight is 450 g/mol. The molecule has 23 heavy (non-hydrogen) atoms. The van der Waals surface area contributed by atoms with Crippen LogP contribution in [0.2, 0.25) is 0 Å². The average Bonchev–Trinajstić information content (AvgIpc) is 3.05. The van der Waals surface area contributed by atoms with Crippen molar-refractivity contribution in [3.63, 3.8) is 0 Å². The van der Waals surface area contributed by atoms with Crippen molar-refractivity contribution in [3.8, 4) is 0 Å². The quantitative estimate of drug-likeness (QED) is 0.476. The lowest BCUT2D eigenvalue weighted by atomic mass is 10.1. The van der Waals surface area contributed by atoms with Gasteiger partial charge in [0.1, 0.15) is 0 Å². The van der Waals surface area contributed by atoms with Crippen LogP contribution in [0, 0.1) is 0 Å². The molecule has 2 nitrogen and oxygen atoms in total. The predicted octanol–water partition coefficient (Wildman–Crippen LogP) is 5.74. The first-order valence-electron chi connectivity index (χ1n) is 6.75. The Morgan fingerprint density at radius 1 is 0.609 bits per heavy atom. The van der Waals surface area contributed by atoms with E-state index in [-0.39, 0.29) is 11.6 Å². The number of hydrogen-bond acceptors (Lipinski definition) is 3. The summed E-state index contributed by atoms with van der Waals surface area (Å²) in [7, 11) is 0. The minimum atomic E-state index is -0.0719. The number of carbonyl (C=O) groups is 2. The van der Waals surface area contributed by atoms with Gasteiger partial charge in [0.25, 0.3) is 0 Å². The van der Waals surface area contributed by atoms with E-state index in [1.165, 1.54) is 11.3 Å². The first-order valence-corrected chi connectivity index (χ1v) is 9.15. The molecule has 0 bridgehead atoms. The largest absolute Gasteiger partial charge is 0.288 e. The minimum Gasteiger partial charge on any atom is -0.288 e. The van der Waals surface area contributed by atoms with Gasteiger partial charge in [-0.3, -0.25) is 9.59 Å². The van der Waals surface area contributed by atoms with Crippen LogP contribution in [0.4, 0.5) is 0 Å². The lowest BCUT2D eigenvalue weighted by Crippen LogP contribution is -1.99. The van der Waals surface area contributed by atoms with Gasteiger partial charge in [0.05, 0.1) is 9.75 Å². The van der Waals surface area contributed by atoms with Crippen molar-refractivity contribution in [2.45, 2.75) is 0 Å². The van der Waals surface area contributed by atoms with Crippen molar-refractivity contribution in [2.75, 3.05) is 0 Å². The Hall–Kier alpha value is -1.56. The summed E-state index contributed by atoms with van der Waals surface area (Å²) < 4.78 is 1.85. The van der Waals surface area contributed by atoms with Crippen molar-refractivity contribution < 1.29 is 9.59 Å². The van der Waals surface area contributed by atoms with Gasteiger partial charge in [-0.15, -0.1) is 11.3 Å². The maximum atomic E-state index is 12.5. The monoisotopic (exact) mass is 448 g/mol. The molecule has 0 fully saturated rings. The topological polar surface area (TPSA) is 34.1 Å². The third kappa shape index (κ3) is 3.68. The van der Waals surface area contributed by atoms with E-state index in [1.54, 1.807) is 36.4 Å². The molecule has 114 valence electrons. The fourth-order valence-corrected chi connectivity index (χ4v) is 3.53. The second kappa shape index (κ2) is 6.91. The molecule has 0 amide bonds. The molecule has 0 saturated heterocycles. The van der Waals surface area contributed by atoms with Gasteiger partial charge in [-0.2, -0.15) is 0 Å². The molecule has 0 spiro atoms. The van der Waals surface area contributed by atoms with E-state index in [0.717, 1.165) is 8.95 Å². The molecule has 5 heteroatoms. The first-order chi connectivity index (χ1) is 11.0. The SMILES string of the molecule is O=C(c1ccc(Br)cc1)c1ccc(C(=O)c2ccc(Br)cc2)s1. The number of halogens is 2. The molecular formula is C18H10Br2O2S. The zero-order chi connectivity index (χ0) is 16.4. The Labute approximate surface area is 154 Å². The molecule has 0 aliphatic rings. The highest BCUT2D eigenvalue weighted by atomic mass is 79.9. The van der Waals surface area contributed by atoms with Gasteiger partial charge in [-0.1, -0.05) is 31.9 Å². The van der Waals surface area contributed by atoms with E-state index in [2.05, 4.69) is 31.9 Å². The number of rotatable bonds is 4. The number of ketones is 2. The second-order valence-corrected chi connectivity index (χ2v) is 7.75. The Bertz CT molecular complexity index is 793. The van der Waals surface area contributed by atoms with E-state index in [1.807, 2.05) is 24.3 Å². The maximum absolute atomic E-state index is 12.5. The summed E-state index contributed by atoms with van der Waals surface area (Å²) in [6.45, 7) is 0. The summed E-state index contributed by atoms with van der Waals surface area (Å²) in [4.78, 5) is 26.0. The highest BCUT2D eigenvalue weighted by Crippen LogP contribution is 2.24. The molecule has 1 heterocycles. The number of thiophene rings is 1. The summed E-state index contributed by atoms with van der Waals surface area (Å²) in [6.07, 6.45) is 0. The molecule has 0 aliphatic carbocycles. The molecule has 1 aromatic heterocycles. The van der Waals surface area contributed by atoms with Gasteiger partial charge in [0.15, 0.2) is 0 Å². The van der Waals surface area contributed by atoms with Crippen molar-refractivity contribution in [2.24, 2.45) is 0 Å².